The summed E-state index contributed by atoms with van der Waals surface area (Å²) in [5.74, 6) is -0.149. The molecule has 0 fully saturated rings. The Morgan fingerprint density at radius 3 is 2.68 bits per heavy atom. The van der Waals surface area contributed by atoms with Gasteiger partial charge in [-0.25, -0.2) is 14.8 Å². The summed E-state index contributed by atoms with van der Waals surface area (Å²) in [7, 11) is 1.32. The van der Waals surface area contributed by atoms with E-state index in [4.69, 9.17) is 9.47 Å². The maximum absolute atomic E-state index is 11.8. The number of hydrogen-bond acceptors (Lipinski definition) is 5. The zero-order chi connectivity index (χ0) is 14.0. The highest BCUT2D eigenvalue weighted by Crippen LogP contribution is 2.28. The molecular formula is C14H16N2O3. The predicted octanol–water partition coefficient (Wildman–Crippen LogP) is 2.51. The fraction of sp³-hybridized carbons (Fsp3) is 0.357. The van der Waals surface area contributed by atoms with Gasteiger partial charge in [0.25, 0.3) is 0 Å². The lowest BCUT2D eigenvalue weighted by Gasteiger charge is -2.14. The van der Waals surface area contributed by atoms with Crippen molar-refractivity contribution in [3.8, 4) is 5.75 Å². The van der Waals surface area contributed by atoms with Crippen molar-refractivity contribution in [1.82, 2.24) is 9.97 Å². The van der Waals surface area contributed by atoms with Crippen LogP contribution >= 0.6 is 0 Å². The van der Waals surface area contributed by atoms with Crippen molar-refractivity contribution in [2.24, 2.45) is 0 Å². The van der Waals surface area contributed by atoms with Gasteiger partial charge in [-0.15, -0.1) is 0 Å². The molecule has 0 unspecified atom stereocenters. The molecule has 0 saturated carbocycles. The number of esters is 1. The first-order valence-corrected chi connectivity index (χ1v) is 6.04. The number of carbonyl (C=O) groups is 1. The minimum absolute atomic E-state index is 0.0851. The number of carbonyl (C=O) groups excluding carboxylic acids is 1. The van der Waals surface area contributed by atoms with Gasteiger partial charge < -0.3 is 9.47 Å². The SMILES string of the molecule is COC(=O)c1ncc2ccc(C)nc2c1OC(C)C. The third kappa shape index (κ3) is 2.65. The molecule has 0 N–H and O–H groups in total. The molecule has 5 heteroatoms. The quantitative estimate of drug-likeness (QED) is 0.793. The molecule has 19 heavy (non-hydrogen) atoms. The third-order valence-electron chi connectivity index (χ3n) is 2.56. The minimum Gasteiger partial charge on any atom is -0.486 e. The molecule has 2 aromatic rings. The van der Waals surface area contributed by atoms with Crippen LogP contribution in [0.2, 0.25) is 0 Å². The van der Waals surface area contributed by atoms with Crippen LogP contribution in [0.5, 0.6) is 5.75 Å². The van der Waals surface area contributed by atoms with E-state index in [-0.39, 0.29) is 11.8 Å². The smallest absolute Gasteiger partial charge is 0.360 e. The summed E-state index contributed by atoms with van der Waals surface area (Å²) in [6.07, 6.45) is 1.51. The lowest BCUT2D eigenvalue weighted by Crippen LogP contribution is -2.13. The summed E-state index contributed by atoms with van der Waals surface area (Å²) in [4.78, 5) is 20.3. The normalized spacial score (nSPS) is 10.8. The van der Waals surface area contributed by atoms with Gasteiger partial charge in [0.15, 0.2) is 11.4 Å². The van der Waals surface area contributed by atoms with E-state index in [0.29, 0.717) is 11.3 Å². The number of aryl methyl sites for hydroxylation is 1. The van der Waals surface area contributed by atoms with Crippen LogP contribution in [-0.2, 0) is 4.74 Å². The second-order valence-electron chi connectivity index (χ2n) is 4.48. The van der Waals surface area contributed by atoms with Gasteiger partial charge in [0.05, 0.1) is 13.2 Å². The van der Waals surface area contributed by atoms with Gasteiger partial charge in [-0.2, -0.15) is 0 Å². The number of aromatic nitrogens is 2. The molecule has 0 aliphatic rings. The molecule has 0 aromatic carbocycles. The first-order valence-electron chi connectivity index (χ1n) is 6.04. The number of ether oxygens (including phenoxy) is 2. The summed E-state index contributed by atoms with van der Waals surface area (Å²) in [5, 5.41) is 0.828. The summed E-state index contributed by atoms with van der Waals surface area (Å²) < 4.78 is 10.4. The molecule has 0 spiro atoms. The highest BCUT2D eigenvalue weighted by atomic mass is 16.5. The summed E-state index contributed by atoms with van der Waals surface area (Å²) >= 11 is 0. The number of hydrogen-bond donors (Lipinski definition) is 0. The van der Waals surface area contributed by atoms with Crippen LogP contribution in [-0.4, -0.2) is 29.2 Å². The molecule has 0 aliphatic carbocycles. The molecule has 0 aliphatic heterocycles. The van der Waals surface area contributed by atoms with Crippen molar-refractivity contribution in [3.63, 3.8) is 0 Å². The lowest BCUT2D eigenvalue weighted by molar-refractivity contribution is 0.0587. The average Bonchev–Trinajstić information content (AvgIpc) is 2.38. The Morgan fingerprint density at radius 1 is 1.32 bits per heavy atom. The van der Waals surface area contributed by atoms with E-state index in [1.54, 1.807) is 6.20 Å². The molecule has 5 nitrogen and oxygen atoms in total. The van der Waals surface area contributed by atoms with Crippen LogP contribution in [0.4, 0.5) is 0 Å². The van der Waals surface area contributed by atoms with E-state index in [1.165, 1.54) is 7.11 Å². The maximum atomic E-state index is 11.8. The highest BCUT2D eigenvalue weighted by molar-refractivity contribution is 5.97. The first kappa shape index (κ1) is 13.3. The molecule has 0 saturated heterocycles. The maximum Gasteiger partial charge on any atom is 0.360 e. The van der Waals surface area contributed by atoms with Crippen molar-refractivity contribution in [1.29, 1.82) is 0 Å². The molecule has 2 heterocycles. The van der Waals surface area contributed by atoms with Crippen LogP contribution in [0.1, 0.15) is 30.0 Å². The number of fused-ring (bicyclic) bond motifs is 1. The van der Waals surface area contributed by atoms with Gasteiger partial charge in [0, 0.05) is 17.3 Å². The number of rotatable bonds is 3. The van der Waals surface area contributed by atoms with Crippen molar-refractivity contribution < 1.29 is 14.3 Å². The van der Waals surface area contributed by atoms with Gasteiger partial charge in [0.2, 0.25) is 0 Å². The van der Waals surface area contributed by atoms with Crippen LogP contribution in [0.15, 0.2) is 18.3 Å². The average molecular weight is 260 g/mol. The Hall–Kier alpha value is -2.17. The fourth-order valence-corrected chi connectivity index (χ4v) is 1.75. The fourth-order valence-electron chi connectivity index (χ4n) is 1.75. The van der Waals surface area contributed by atoms with Gasteiger partial charge in [0.1, 0.15) is 5.52 Å². The molecule has 2 aromatic heterocycles. The van der Waals surface area contributed by atoms with Crippen molar-refractivity contribution in [2.45, 2.75) is 26.9 Å². The van der Waals surface area contributed by atoms with E-state index in [9.17, 15) is 4.79 Å². The first-order chi connectivity index (χ1) is 9.02. The molecule has 2 rings (SSSR count). The molecular weight excluding hydrogens is 244 g/mol. The molecule has 0 atom stereocenters. The van der Waals surface area contributed by atoms with Gasteiger partial charge in [-0.1, -0.05) is 0 Å². The molecule has 0 amide bonds. The van der Waals surface area contributed by atoms with Crippen LogP contribution in [0, 0.1) is 6.92 Å². The zero-order valence-electron chi connectivity index (χ0n) is 11.4. The predicted molar refractivity (Wildman–Crippen MR) is 71.4 cm³/mol. The second kappa shape index (κ2) is 5.22. The van der Waals surface area contributed by atoms with Crippen molar-refractivity contribution >= 4 is 16.9 Å². The zero-order valence-corrected chi connectivity index (χ0v) is 11.4. The number of nitrogens with zero attached hydrogens (tertiary/aromatic N) is 2. The van der Waals surface area contributed by atoms with E-state index < -0.39 is 5.97 Å². The highest BCUT2D eigenvalue weighted by Gasteiger charge is 2.20. The molecule has 0 bridgehead atoms. The van der Waals surface area contributed by atoms with Crippen LogP contribution in [0.3, 0.4) is 0 Å². The van der Waals surface area contributed by atoms with E-state index in [2.05, 4.69) is 9.97 Å². The van der Waals surface area contributed by atoms with Crippen molar-refractivity contribution in [2.75, 3.05) is 7.11 Å². The minimum atomic E-state index is -0.527. The molecule has 100 valence electrons. The monoisotopic (exact) mass is 260 g/mol. The summed E-state index contributed by atoms with van der Waals surface area (Å²) in [6.45, 7) is 5.65. The largest absolute Gasteiger partial charge is 0.486 e. The Bertz CT molecular complexity index is 623. The van der Waals surface area contributed by atoms with Gasteiger partial charge >= 0.3 is 5.97 Å². The summed E-state index contributed by atoms with van der Waals surface area (Å²) in [6, 6.07) is 3.79. The van der Waals surface area contributed by atoms with Crippen LogP contribution in [0.25, 0.3) is 10.9 Å². The van der Waals surface area contributed by atoms with Crippen molar-refractivity contribution in [3.05, 3.63) is 29.7 Å². The summed E-state index contributed by atoms with van der Waals surface area (Å²) in [5.41, 5.74) is 1.63. The standard InChI is InChI=1S/C14H16N2O3/c1-8(2)19-13-11-10(6-5-9(3)16-11)7-15-12(13)14(17)18-4/h5-8H,1-4H3. The van der Waals surface area contributed by atoms with Gasteiger partial charge in [-0.05, 0) is 32.9 Å². The van der Waals surface area contributed by atoms with E-state index in [1.807, 2.05) is 32.9 Å². The Morgan fingerprint density at radius 2 is 2.05 bits per heavy atom. The van der Waals surface area contributed by atoms with E-state index in [0.717, 1.165) is 11.1 Å². The topological polar surface area (TPSA) is 61.3 Å². The second-order valence-corrected chi connectivity index (χ2v) is 4.48. The molecule has 0 radical (unpaired) electrons. The third-order valence-corrected chi connectivity index (χ3v) is 2.56. The number of methoxy groups -OCH3 is 1. The van der Waals surface area contributed by atoms with Crippen LogP contribution < -0.4 is 4.74 Å². The van der Waals surface area contributed by atoms with E-state index >= 15 is 0 Å². The lowest BCUT2D eigenvalue weighted by atomic mass is 10.2. The van der Waals surface area contributed by atoms with Gasteiger partial charge in [-0.3, -0.25) is 0 Å². The number of pyridine rings is 2. The Balaban J connectivity index is 2.71. The Labute approximate surface area is 111 Å². The Kier molecular flexibility index (Phi) is 3.64.